The van der Waals surface area contributed by atoms with E-state index in [4.69, 9.17) is 11.6 Å². The van der Waals surface area contributed by atoms with Gasteiger partial charge in [0.05, 0.1) is 16.8 Å². The van der Waals surface area contributed by atoms with Crippen molar-refractivity contribution in [3.8, 4) is 11.1 Å². The van der Waals surface area contributed by atoms with Crippen LogP contribution in [0.3, 0.4) is 0 Å². The Morgan fingerprint density at radius 2 is 1.97 bits per heavy atom. The van der Waals surface area contributed by atoms with E-state index in [2.05, 4.69) is 15.2 Å². The molecule has 0 bridgehead atoms. The molecule has 0 saturated carbocycles. The number of rotatable bonds is 4. The number of nitrogens with one attached hydrogen (secondary N) is 2. The van der Waals surface area contributed by atoms with Crippen molar-refractivity contribution in [2.45, 2.75) is 19.4 Å². The van der Waals surface area contributed by atoms with Gasteiger partial charge >= 0.3 is 0 Å². The topological polar surface area (TPSA) is 68.4 Å². The van der Waals surface area contributed by atoms with Crippen molar-refractivity contribution >= 4 is 40.8 Å². The number of nitrogens with zero attached hydrogens (tertiary/aromatic N) is 2. The summed E-state index contributed by atoms with van der Waals surface area (Å²) in [5.41, 5.74) is 6.04. The third kappa shape index (κ3) is 4.04. The van der Waals surface area contributed by atoms with Crippen LogP contribution in [-0.2, 0) is 4.79 Å². The Hall–Kier alpha value is -3.35. The molecule has 6 nitrogen and oxygen atoms in total. The lowest BCUT2D eigenvalue weighted by Crippen LogP contribution is -2.34. The van der Waals surface area contributed by atoms with E-state index in [9.17, 15) is 9.59 Å². The third-order valence-corrected chi connectivity index (χ3v) is 6.88. The van der Waals surface area contributed by atoms with Gasteiger partial charge in [-0.05, 0) is 68.9 Å². The van der Waals surface area contributed by atoms with Crippen molar-refractivity contribution in [1.82, 2.24) is 14.8 Å². The molecule has 2 aliphatic heterocycles. The molecule has 2 aromatic carbocycles. The number of amides is 2. The fourth-order valence-electron chi connectivity index (χ4n) is 4.85. The number of aromatic nitrogens is 1. The molecule has 7 heteroatoms. The second kappa shape index (κ2) is 8.78. The first kappa shape index (κ1) is 22.4. The van der Waals surface area contributed by atoms with Crippen LogP contribution in [0, 0.1) is 6.92 Å². The van der Waals surface area contributed by atoms with Crippen molar-refractivity contribution in [3.63, 3.8) is 0 Å². The highest BCUT2D eigenvalue weighted by molar-refractivity contribution is 6.36. The van der Waals surface area contributed by atoms with Gasteiger partial charge in [0.1, 0.15) is 0 Å². The van der Waals surface area contributed by atoms with Crippen LogP contribution in [0.2, 0.25) is 5.02 Å². The van der Waals surface area contributed by atoms with Gasteiger partial charge in [-0.15, -0.1) is 0 Å². The maximum Gasteiger partial charge on any atom is 0.256 e. The molecule has 2 aliphatic rings. The first-order valence-electron chi connectivity index (χ1n) is 11.4. The highest BCUT2D eigenvalue weighted by Crippen LogP contribution is 2.41. The van der Waals surface area contributed by atoms with Gasteiger partial charge in [0.2, 0.25) is 0 Å². The Bertz CT molecular complexity index is 1320. The number of likely N-dealkylation sites (tertiary alicyclic amines) is 1. The Balaban J connectivity index is 1.56. The summed E-state index contributed by atoms with van der Waals surface area (Å²) in [4.78, 5) is 33.8. The van der Waals surface area contributed by atoms with E-state index in [1.807, 2.05) is 74.4 Å². The molecule has 2 N–H and O–H groups in total. The molecule has 1 aromatic heterocycles. The van der Waals surface area contributed by atoms with Gasteiger partial charge < -0.3 is 20.1 Å². The first-order chi connectivity index (χ1) is 16.3. The standard InChI is InChI=1S/C27H27ClN4O2/c1-16-12-21(27(34)32-11-10-19(15-32)31(2)3)24(29-16)14-22-25-20(17-6-4-7-18(28)13-17)8-5-9-23(25)30-26(22)33/h4-9,12-14,19,29H,10-11,15H2,1-3H3,(H,30,33). The number of carbonyl (C=O) groups excluding carboxylic acids is 2. The van der Waals surface area contributed by atoms with Gasteiger partial charge in [-0.2, -0.15) is 0 Å². The second-order valence-corrected chi connectivity index (χ2v) is 9.62. The average molecular weight is 475 g/mol. The monoisotopic (exact) mass is 474 g/mol. The fraction of sp³-hybridized carbons (Fsp3) is 0.259. The molecule has 1 atom stereocenters. The molecule has 0 aliphatic carbocycles. The van der Waals surface area contributed by atoms with Crippen LogP contribution in [0.1, 0.15) is 33.7 Å². The van der Waals surface area contributed by atoms with Crippen LogP contribution < -0.4 is 5.32 Å². The molecule has 2 amide bonds. The molecule has 5 rings (SSSR count). The summed E-state index contributed by atoms with van der Waals surface area (Å²) in [5.74, 6) is -0.203. The minimum absolute atomic E-state index is 0.0118. The molecule has 174 valence electrons. The molecule has 0 spiro atoms. The Kier molecular flexibility index (Phi) is 5.80. The van der Waals surface area contributed by atoms with E-state index in [1.54, 1.807) is 6.08 Å². The van der Waals surface area contributed by atoms with Crippen molar-refractivity contribution in [3.05, 3.63) is 76.1 Å². The minimum Gasteiger partial charge on any atom is -0.358 e. The zero-order valence-corrected chi connectivity index (χ0v) is 20.2. The number of benzene rings is 2. The average Bonchev–Trinajstić information content (AvgIpc) is 3.51. The smallest absolute Gasteiger partial charge is 0.256 e. The predicted molar refractivity (Wildman–Crippen MR) is 137 cm³/mol. The predicted octanol–water partition coefficient (Wildman–Crippen LogP) is 4.91. The SMILES string of the molecule is Cc1cc(C(=O)N2CCC(N(C)C)C2)c(C=C2C(=O)Nc3cccc(-c4cccc(Cl)c4)c32)[nH]1. The zero-order valence-electron chi connectivity index (χ0n) is 19.5. The number of aromatic amines is 1. The summed E-state index contributed by atoms with van der Waals surface area (Å²) in [7, 11) is 4.09. The number of halogens is 1. The van der Waals surface area contributed by atoms with Gasteiger partial charge in [-0.25, -0.2) is 0 Å². The number of hydrogen-bond acceptors (Lipinski definition) is 3. The summed E-state index contributed by atoms with van der Waals surface area (Å²) in [6.45, 7) is 3.35. The molecule has 3 heterocycles. The molecule has 1 fully saturated rings. The number of hydrogen-bond donors (Lipinski definition) is 2. The number of anilines is 1. The summed E-state index contributed by atoms with van der Waals surface area (Å²) >= 11 is 6.24. The van der Waals surface area contributed by atoms with Gasteiger partial charge in [0.15, 0.2) is 0 Å². The summed E-state index contributed by atoms with van der Waals surface area (Å²) in [6, 6.07) is 15.6. The van der Waals surface area contributed by atoms with Gasteiger partial charge in [0.25, 0.3) is 11.8 Å². The largest absolute Gasteiger partial charge is 0.358 e. The van der Waals surface area contributed by atoms with E-state index in [1.165, 1.54) is 0 Å². The van der Waals surface area contributed by atoms with Crippen LogP contribution in [-0.4, -0.2) is 59.8 Å². The highest BCUT2D eigenvalue weighted by atomic mass is 35.5. The maximum absolute atomic E-state index is 13.4. The molecule has 0 radical (unpaired) electrons. The van der Waals surface area contributed by atoms with Crippen LogP contribution in [0.4, 0.5) is 5.69 Å². The highest BCUT2D eigenvalue weighted by Gasteiger charge is 2.31. The number of carbonyl (C=O) groups is 2. The number of H-pyrrole nitrogens is 1. The number of fused-ring (bicyclic) bond motifs is 1. The summed E-state index contributed by atoms with van der Waals surface area (Å²) < 4.78 is 0. The van der Waals surface area contributed by atoms with Crippen molar-refractivity contribution < 1.29 is 9.59 Å². The van der Waals surface area contributed by atoms with Crippen LogP contribution in [0.15, 0.2) is 48.5 Å². The van der Waals surface area contributed by atoms with Gasteiger partial charge in [-0.1, -0.05) is 35.9 Å². The minimum atomic E-state index is -0.191. The molecule has 1 saturated heterocycles. The van der Waals surface area contributed by atoms with Crippen LogP contribution in [0.25, 0.3) is 22.8 Å². The molecule has 1 unspecified atom stereocenters. The second-order valence-electron chi connectivity index (χ2n) is 9.19. The lowest BCUT2D eigenvalue weighted by Gasteiger charge is -2.20. The Morgan fingerprint density at radius 3 is 2.71 bits per heavy atom. The van der Waals surface area contributed by atoms with Crippen molar-refractivity contribution in [2.24, 2.45) is 0 Å². The fourth-order valence-corrected chi connectivity index (χ4v) is 5.04. The van der Waals surface area contributed by atoms with Crippen molar-refractivity contribution in [1.29, 1.82) is 0 Å². The zero-order chi connectivity index (χ0) is 24.0. The van der Waals surface area contributed by atoms with E-state index in [-0.39, 0.29) is 11.8 Å². The lowest BCUT2D eigenvalue weighted by molar-refractivity contribution is -0.110. The van der Waals surface area contributed by atoms with Gasteiger partial charge in [0, 0.05) is 41.1 Å². The van der Waals surface area contributed by atoms with Crippen LogP contribution >= 0.6 is 11.6 Å². The lowest BCUT2D eigenvalue weighted by atomic mass is 9.94. The Morgan fingerprint density at radius 1 is 1.18 bits per heavy atom. The van der Waals surface area contributed by atoms with E-state index >= 15 is 0 Å². The molecular weight excluding hydrogens is 448 g/mol. The van der Waals surface area contributed by atoms with Crippen LogP contribution in [0.5, 0.6) is 0 Å². The number of likely N-dealkylation sites (N-methyl/N-ethyl adjacent to an activating group) is 1. The summed E-state index contributed by atoms with van der Waals surface area (Å²) in [6.07, 6.45) is 2.76. The quantitative estimate of drug-likeness (QED) is 0.528. The molecule has 34 heavy (non-hydrogen) atoms. The van der Waals surface area contributed by atoms with Gasteiger partial charge in [-0.3, -0.25) is 9.59 Å². The third-order valence-electron chi connectivity index (χ3n) is 6.65. The molecular formula is C27H27ClN4O2. The normalized spacial score (nSPS) is 18.6. The first-order valence-corrected chi connectivity index (χ1v) is 11.8. The maximum atomic E-state index is 13.4. The summed E-state index contributed by atoms with van der Waals surface area (Å²) in [5, 5.41) is 3.60. The van der Waals surface area contributed by atoms with Crippen molar-refractivity contribution in [2.75, 3.05) is 32.5 Å². The van der Waals surface area contributed by atoms with E-state index in [0.717, 1.165) is 41.0 Å². The van der Waals surface area contributed by atoms with E-state index < -0.39 is 0 Å². The molecule has 3 aromatic rings. The number of aryl methyl sites for hydroxylation is 1. The Labute approximate surface area is 204 Å². The van der Waals surface area contributed by atoms with E-state index in [0.29, 0.717) is 34.4 Å².